The van der Waals surface area contributed by atoms with Crippen LogP contribution in [0.3, 0.4) is 0 Å². The summed E-state index contributed by atoms with van der Waals surface area (Å²) < 4.78 is 18.8. The molecule has 24 heavy (non-hydrogen) atoms. The van der Waals surface area contributed by atoms with Crippen LogP contribution in [-0.4, -0.2) is 12.7 Å². The molecule has 2 aromatic carbocycles. The third-order valence-electron chi connectivity index (χ3n) is 2.81. The van der Waals surface area contributed by atoms with Gasteiger partial charge in [-0.15, -0.1) is 0 Å². The second-order valence-corrected chi connectivity index (χ2v) is 8.76. The van der Waals surface area contributed by atoms with Crippen molar-refractivity contribution in [2.75, 3.05) is 6.61 Å². The number of rotatable bonds is 7. The van der Waals surface area contributed by atoms with E-state index in [1.165, 1.54) is 0 Å². The molecule has 2 aromatic rings. The minimum atomic E-state index is 0.153. The van der Waals surface area contributed by atoms with Gasteiger partial charge in [0.1, 0.15) is 29.6 Å². The van der Waals surface area contributed by atoms with Crippen LogP contribution < -0.4 is 14.2 Å². The average Bonchev–Trinajstić information content (AvgIpc) is 2.50. The molecule has 0 saturated heterocycles. The number of halogens is 3. The van der Waals surface area contributed by atoms with Crippen molar-refractivity contribution in [3.05, 3.63) is 56.4 Å². The van der Waals surface area contributed by atoms with Gasteiger partial charge in [0, 0.05) is 0 Å². The van der Waals surface area contributed by atoms with Crippen molar-refractivity contribution in [2.24, 2.45) is 0 Å². The Morgan fingerprint density at radius 1 is 1.00 bits per heavy atom. The predicted octanol–water partition coefficient (Wildman–Crippen LogP) is 7.04. The lowest BCUT2D eigenvalue weighted by Gasteiger charge is -2.12. The highest BCUT2D eigenvalue weighted by molar-refractivity contribution is 9.28. The van der Waals surface area contributed by atoms with E-state index in [1.807, 2.05) is 62.4 Å². The molecule has 0 N–H and O–H groups in total. The molecule has 0 aromatic heterocycles. The Labute approximate surface area is 167 Å². The number of benzene rings is 2. The van der Waals surface area contributed by atoms with Crippen molar-refractivity contribution < 1.29 is 14.2 Å². The molecular weight excluding hydrogens is 504 g/mol. The zero-order valence-electron chi connectivity index (χ0n) is 13.3. The fraction of sp³-hybridized carbons (Fsp3) is 0.222. The Morgan fingerprint density at radius 2 is 1.62 bits per heavy atom. The lowest BCUT2D eigenvalue weighted by Crippen LogP contribution is -2.05. The van der Waals surface area contributed by atoms with Crippen molar-refractivity contribution in [3.63, 3.8) is 0 Å². The highest BCUT2D eigenvalue weighted by Gasteiger charge is 2.05. The molecule has 0 unspecified atom stereocenters. The van der Waals surface area contributed by atoms with Gasteiger partial charge in [0.2, 0.25) is 0 Å². The molecule has 0 radical (unpaired) electrons. The van der Waals surface area contributed by atoms with Gasteiger partial charge < -0.3 is 14.2 Å². The maximum absolute atomic E-state index is 5.85. The standard InChI is InChI=1S/C18H17Br3O3/c1-12(2)23-13-3-5-14(6-4-13)24-15-7-8-17(16(19)11-15)22-10-9-18(20)21/h3-9,11-12H,10H2,1-2H3. The minimum Gasteiger partial charge on any atom is -0.491 e. The van der Waals surface area contributed by atoms with Gasteiger partial charge in [-0.05, 0) is 110 Å². The van der Waals surface area contributed by atoms with Crippen LogP contribution in [0, 0.1) is 0 Å². The summed E-state index contributed by atoms with van der Waals surface area (Å²) in [5.41, 5.74) is 0. The molecule has 6 heteroatoms. The molecule has 0 heterocycles. The smallest absolute Gasteiger partial charge is 0.134 e. The van der Waals surface area contributed by atoms with Crippen molar-refractivity contribution in [1.29, 1.82) is 0 Å². The first-order chi connectivity index (χ1) is 11.4. The number of ether oxygens (including phenoxy) is 3. The zero-order valence-corrected chi connectivity index (χ0v) is 18.0. The van der Waals surface area contributed by atoms with Gasteiger partial charge in [-0.1, -0.05) is 0 Å². The molecule has 0 aliphatic heterocycles. The van der Waals surface area contributed by atoms with Crippen LogP contribution in [0.4, 0.5) is 0 Å². The summed E-state index contributed by atoms with van der Waals surface area (Å²) >= 11 is 10.1. The Kier molecular flexibility index (Phi) is 7.65. The largest absolute Gasteiger partial charge is 0.491 e. The summed E-state index contributed by atoms with van der Waals surface area (Å²) in [5, 5.41) is 0. The summed E-state index contributed by atoms with van der Waals surface area (Å²) in [4.78, 5) is 0. The van der Waals surface area contributed by atoms with E-state index in [-0.39, 0.29) is 6.10 Å². The summed E-state index contributed by atoms with van der Waals surface area (Å²) in [7, 11) is 0. The van der Waals surface area contributed by atoms with Crippen LogP contribution in [0.25, 0.3) is 0 Å². The second-order valence-electron chi connectivity index (χ2n) is 5.14. The van der Waals surface area contributed by atoms with Gasteiger partial charge in [-0.2, -0.15) is 0 Å². The topological polar surface area (TPSA) is 27.7 Å². The molecule has 2 rings (SSSR count). The minimum absolute atomic E-state index is 0.153. The van der Waals surface area contributed by atoms with E-state index in [4.69, 9.17) is 14.2 Å². The summed E-state index contributed by atoms with van der Waals surface area (Å²) in [5.74, 6) is 3.05. The highest BCUT2D eigenvalue weighted by atomic mass is 79.9. The van der Waals surface area contributed by atoms with Gasteiger partial charge in [-0.25, -0.2) is 0 Å². The highest BCUT2D eigenvalue weighted by Crippen LogP contribution is 2.32. The normalized spacial score (nSPS) is 10.4. The van der Waals surface area contributed by atoms with E-state index in [1.54, 1.807) is 0 Å². The van der Waals surface area contributed by atoms with Crippen LogP contribution in [0.2, 0.25) is 0 Å². The predicted molar refractivity (Wildman–Crippen MR) is 108 cm³/mol. The summed E-state index contributed by atoms with van der Waals surface area (Å²) in [6.45, 7) is 4.46. The van der Waals surface area contributed by atoms with E-state index in [9.17, 15) is 0 Å². The number of hydrogen-bond acceptors (Lipinski definition) is 3. The lowest BCUT2D eigenvalue weighted by molar-refractivity contribution is 0.242. The van der Waals surface area contributed by atoms with Crippen molar-refractivity contribution in [2.45, 2.75) is 20.0 Å². The van der Waals surface area contributed by atoms with E-state index in [2.05, 4.69) is 47.8 Å². The molecule has 0 amide bonds. The Bertz CT molecular complexity index is 693. The molecule has 0 spiro atoms. The Hall–Kier alpha value is -0.980. The first kappa shape index (κ1) is 19.3. The van der Waals surface area contributed by atoms with E-state index < -0.39 is 0 Å². The maximum Gasteiger partial charge on any atom is 0.134 e. The van der Waals surface area contributed by atoms with Gasteiger partial charge >= 0.3 is 0 Å². The monoisotopic (exact) mass is 518 g/mol. The average molecular weight is 521 g/mol. The maximum atomic E-state index is 5.85. The molecule has 0 fully saturated rings. The SMILES string of the molecule is CC(C)Oc1ccc(Oc2ccc(OCC=C(Br)Br)c(Br)c2)cc1. The summed E-state index contributed by atoms with van der Waals surface area (Å²) in [6, 6.07) is 13.2. The first-order valence-electron chi connectivity index (χ1n) is 7.32. The molecule has 0 atom stereocenters. The Balaban J connectivity index is 2.00. The molecule has 0 aliphatic rings. The van der Waals surface area contributed by atoms with Crippen LogP contribution in [0.5, 0.6) is 23.0 Å². The van der Waals surface area contributed by atoms with Crippen LogP contribution in [-0.2, 0) is 0 Å². The molecule has 3 nitrogen and oxygen atoms in total. The fourth-order valence-corrected chi connectivity index (χ4v) is 2.59. The molecule has 0 aliphatic carbocycles. The van der Waals surface area contributed by atoms with E-state index in [0.29, 0.717) is 6.61 Å². The third kappa shape index (κ3) is 6.49. The van der Waals surface area contributed by atoms with Crippen molar-refractivity contribution >= 4 is 47.8 Å². The fourth-order valence-electron chi connectivity index (χ4n) is 1.85. The molecule has 0 bridgehead atoms. The van der Waals surface area contributed by atoms with Crippen molar-refractivity contribution in [3.8, 4) is 23.0 Å². The molecule has 128 valence electrons. The summed E-state index contributed by atoms with van der Waals surface area (Å²) in [6.07, 6.45) is 2.03. The zero-order chi connectivity index (χ0) is 17.5. The van der Waals surface area contributed by atoms with Gasteiger partial charge in [0.15, 0.2) is 0 Å². The molecule has 0 saturated carbocycles. The molecular formula is C18H17Br3O3. The van der Waals surface area contributed by atoms with E-state index in [0.717, 1.165) is 30.9 Å². The third-order valence-corrected chi connectivity index (χ3v) is 4.08. The van der Waals surface area contributed by atoms with Crippen LogP contribution >= 0.6 is 47.8 Å². The van der Waals surface area contributed by atoms with Crippen LogP contribution in [0.15, 0.2) is 56.4 Å². The van der Waals surface area contributed by atoms with Gasteiger partial charge in [-0.3, -0.25) is 0 Å². The van der Waals surface area contributed by atoms with Crippen LogP contribution in [0.1, 0.15) is 13.8 Å². The Morgan fingerprint density at radius 3 is 2.21 bits per heavy atom. The quantitative estimate of drug-likeness (QED) is 0.392. The van der Waals surface area contributed by atoms with E-state index >= 15 is 0 Å². The lowest BCUT2D eigenvalue weighted by atomic mass is 10.3. The van der Waals surface area contributed by atoms with Gasteiger partial charge in [0.25, 0.3) is 0 Å². The first-order valence-corrected chi connectivity index (χ1v) is 9.70. The van der Waals surface area contributed by atoms with Gasteiger partial charge in [0.05, 0.1) is 14.0 Å². The number of hydrogen-bond donors (Lipinski definition) is 0. The second kappa shape index (κ2) is 9.49. The van der Waals surface area contributed by atoms with Crippen molar-refractivity contribution in [1.82, 2.24) is 0 Å².